The number of benzene rings is 1. The fourth-order valence-electron chi connectivity index (χ4n) is 4.83. The van der Waals surface area contributed by atoms with Crippen LogP contribution >= 0.6 is 11.6 Å². The van der Waals surface area contributed by atoms with Gasteiger partial charge < -0.3 is 14.4 Å². The first kappa shape index (κ1) is 20.7. The lowest BCUT2D eigenvalue weighted by molar-refractivity contribution is -0.121. The lowest BCUT2D eigenvalue weighted by Crippen LogP contribution is -2.41. The molecule has 1 amide bonds. The highest BCUT2D eigenvalue weighted by Crippen LogP contribution is 2.35. The molecular formula is C24H23ClN4O3. The standard InChI is InChI=1S/C24H23ClN4O3/c1-14-21-23(28-32-14)22-18(25)6-3-7-19(22)29(24(21)31)17-5-2-4-16(13-17)27-20(30)12-15-8-10-26-11-9-15/h3,6-11,16-17H,2,4-5,12-13H2,1H3,(H,27,30). The molecule has 0 radical (unpaired) electrons. The minimum atomic E-state index is -0.123. The van der Waals surface area contributed by atoms with E-state index in [9.17, 15) is 9.59 Å². The zero-order valence-corrected chi connectivity index (χ0v) is 18.4. The lowest BCUT2D eigenvalue weighted by Gasteiger charge is -2.32. The minimum Gasteiger partial charge on any atom is -0.360 e. The van der Waals surface area contributed by atoms with Gasteiger partial charge in [-0.25, -0.2) is 0 Å². The number of fused-ring (bicyclic) bond motifs is 3. The summed E-state index contributed by atoms with van der Waals surface area (Å²) in [6, 6.07) is 9.18. The molecule has 1 saturated carbocycles. The molecule has 0 bridgehead atoms. The summed E-state index contributed by atoms with van der Waals surface area (Å²) in [5.41, 5.74) is 2.05. The Balaban J connectivity index is 1.48. The summed E-state index contributed by atoms with van der Waals surface area (Å²) in [5.74, 6) is 0.464. The largest absolute Gasteiger partial charge is 0.360 e. The molecule has 8 heteroatoms. The molecule has 0 aliphatic heterocycles. The molecule has 2 atom stereocenters. The second-order valence-electron chi connectivity index (χ2n) is 8.39. The lowest BCUT2D eigenvalue weighted by atomic mass is 9.90. The predicted molar refractivity (Wildman–Crippen MR) is 123 cm³/mol. The number of pyridine rings is 2. The molecule has 7 nitrogen and oxygen atoms in total. The van der Waals surface area contributed by atoms with Crippen molar-refractivity contribution in [3.63, 3.8) is 0 Å². The first-order chi connectivity index (χ1) is 15.5. The van der Waals surface area contributed by atoms with E-state index in [0.717, 1.165) is 35.7 Å². The van der Waals surface area contributed by atoms with E-state index in [2.05, 4.69) is 15.5 Å². The smallest absolute Gasteiger partial charge is 0.264 e. The molecule has 1 N–H and O–H groups in total. The van der Waals surface area contributed by atoms with Crippen LogP contribution in [0.5, 0.6) is 0 Å². The Morgan fingerprint density at radius 3 is 2.84 bits per heavy atom. The molecule has 2 unspecified atom stereocenters. The van der Waals surface area contributed by atoms with E-state index in [0.29, 0.717) is 34.5 Å². The fourth-order valence-corrected chi connectivity index (χ4v) is 5.09. The van der Waals surface area contributed by atoms with E-state index in [1.807, 2.05) is 28.8 Å². The van der Waals surface area contributed by atoms with Crippen LogP contribution in [0.3, 0.4) is 0 Å². The maximum absolute atomic E-state index is 13.5. The van der Waals surface area contributed by atoms with Crippen molar-refractivity contribution in [1.29, 1.82) is 0 Å². The minimum absolute atomic E-state index is 0.00323. The van der Waals surface area contributed by atoms with Crippen LogP contribution in [0.4, 0.5) is 0 Å². The molecule has 0 spiro atoms. The van der Waals surface area contributed by atoms with Crippen molar-refractivity contribution >= 4 is 39.3 Å². The highest BCUT2D eigenvalue weighted by Gasteiger charge is 2.28. The Kier molecular flexibility index (Phi) is 5.43. The molecule has 4 aromatic rings. The Bertz CT molecular complexity index is 1360. The summed E-state index contributed by atoms with van der Waals surface area (Å²) in [7, 11) is 0. The second-order valence-corrected chi connectivity index (χ2v) is 8.80. The first-order valence-corrected chi connectivity index (χ1v) is 11.2. The summed E-state index contributed by atoms with van der Waals surface area (Å²) in [4.78, 5) is 30.1. The van der Waals surface area contributed by atoms with E-state index in [-0.39, 0.29) is 23.6 Å². The van der Waals surface area contributed by atoms with Crippen molar-refractivity contribution in [2.45, 2.75) is 51.1 Å². The van der Waals surface area contributed by atoms with Gasteiger partial charge in [0.2, 0.25) is 5.91 Å². The quantitative estimate of drug-likeness (QED) is 0.499. The normalized spacial score (nSPS) is 18.8. The van der Waals surface area contributed by atoms with Crippen molar-refractivity contribution < 1.29 is 9.32 Å². The number of rotatable bonds is 4. The fraction of sp³-hybridized carbons (Fsp3) is 0.333. The summed E-state index contributed by atoms with van der Waals surface area (Å²) in [5, 5.41) is 9.00. The monoisotopic (exact) mass is 450 g/mol. The molecule has 1 aromatic carbocycles. The number of aromatic nitrogens is 3. The van der Waals surface area contributed by atoms with Gasteiger partial charge in [0.05, 0.1) is 17.0 Å². The van der Waals surface area contributed by atoms with Gasteiger partial charge in [0.15, 0.2) is 0 Å². The van der Waals surface area contributed by atoms with E-state index in [1.165, 1.54) is 0 Å². The van der Waals surface area contributed by atoms with Crippen LogP contribution in [0.15, 0.2) is 52.0 Å². The first-order valence-electron chi connectivity index (χ1n) is 10.8. The predicted octanol–water partition coefficient (Wildman–Crippen LogP) is 4.34. The van der Waals surface area contributed by atoms with Crippen LogP contribution in [-0.4, -0.2) is 26.7 Å². The summed E-state index contributed by atoms with van der Waals surface area (Å²) < 4.78 is 7.18. The van der Waals surface area contributed by atoms with Crippen LogP contribution in [0.25, 0.3) is 21.8 Å². The van der Waals surface area contributed by atoms with Gasteiger partial charge in [0.25, 0.3) is 5.56 Å². The van der Waals surface area contributed by atoms with Crippen molar-refractivity contribution in [3.05, 3.63) is 69.4 Å². The Morgan fingerprint density at radius 1 is 1.22 bits per heavy atom. The van der Waals surface area contributed by atoms with Gasteiger partial charge in [-0.05, 0) is 62.4 Å². The van der Waals surface area contributed by atoms with Gasteiger partial charge in [0.1, 0.15) is 16.7 Å². The molecule has 3 heterocycles. The third-order valence-electron chi connectivity index (χ3n) is 6.27. The Morgan fingerprint density at radius 2 is 2.03 bits per heavy atom. The number of hydrogen-bond donors (Lipinski definition) is 1. The van der Waals surface area contributed by atoms with Crippen molar-refractivity contribution in [2.24, 2.45) is 0 Å². The molecule has 164 valence electrons. The molecule has 0 saturated heterocycles. The van der Waals surface area contributed by atoms with Gasteiger partial charge in [-0.2, -0.15) is 0 Å². The number of amides is 1. The molecule has 5 rings (SSSR count). The van der Waals surface area contributed by atoms with Gasteiger partial charge in [-0.15, -0.1) is 0 Å². The average Bonchev–Trinajstić information content (AvgIpc) is 3.16. The molecule has 1 aliphatic rings. The summed E-state index contributed by atoms with van der Waals surface area (Å²) in [6.45, 7) is 1.74. The van der Waals surface area contributed by atoms with Crippen LogP contribution in [0.2, 0.25) is 5.02 Å². The number of aryl methyl sites for hydroxylation is 1. The third-order valence-corrected chi connectivity index (χ3v) is 6.59. The Hall–Kier alpha value is -3.19. The maximum Gasteiger partial charge on any atom is 0.264 e. The molecule has 1 fully saturated rings. The number of carbonyl (C=O) groups is 1. The third kappa shape index (κ3) is 3.66. The number of carbonyl (C=O) groups excluding carboxylic acids is 1. The average molecular weight is 451 g/mol. The number of hydrogen-bond acceptors (Lipinski definition) is 5. The van der Waals surface area contributed by atoms with Crippen LogP contribution in [0, 0.1) is 6.92 Å². The van der Waals surface area contributed by atoms with E-state index < -0.39 is 0 Å². The summed E-state index contributed by atoms with van der Waals surface area (Å²) >= 11 is 6.52. The maximum atomic E-state index is 13.5. The van der Waals surface area contributed by atoms with Gasteiger partial charge in [0, 0.05) is 29.9 Å². The van der Waals surface area contributed by atoms with Gasteiger partial charge in [-0.1, -0.05) is 22.8 Å². The molecule has 1 aliphatic carbocycles. The van der Waals surface area contributed by atoms with Gasteiger partial charge in [-0.3, -0.25) is 14.6 Å². The Labute approximate surface area is 189 Å². The summed E-state index contributed by atoms with van der Waals surface area (Å²) in [6.07, 6.45) is 7.03. The second kappa shape index (κ2) is 8.39. The zero-order chi connectivity index (χ0) is 22.2. The highest BCUT2D eigenvalue weighted by molar-refractivity contribution is 6.37. The number of nitrogens with zero attached hydrogens (tertiary/aromatic N) is 3. The molecule has 3 aromatic heterocycles. The van der Waals surface area contributed by atoms with E-state index >= 15 is 0 Å². The van der Waals surface area contributed by atoms with Crippen LogP contribution < -0.4 is 10.9 Å². The van der Waals surface area contributed by atoms with Crippen LogP contribution in [0.1, 0.15) is 43.0 Å². The van der Waals surface area contributed by atoms with Crippen LogP contribution in [-0.2, 0) is 11.2 Å². The van der Waals surface area contributed by atoms with Crippen molar-refractivity contribution in [2.75, 3.05) is 0 Å². The SMILES string of the molecule is Cc1onc2c1c(=O)n(C1CCCC(NC(=O)Cc3ccncc3)C1)c1cccc(Cl)c21. The molecule has 32 heavy (non-hydrogen) atoms. The van der Waals surface area contributed by atoms with Crippen molar-refractivity contribution in [3.8, 4) is 0 Å². The van der Waals surface area contributed by atoms with E-state index in [1.54, 1.807) is 25.4 Å². The topological polar surface area (TPSA) is 90.0 Å². The highest BCUT2D eigenvalue weighted by atomic mass is 35.5. The van der Waals surface area contributed by atoms with Gasteiger partial charge >= 0.3 is 0 Å². The van der Waals surface area contributed by atoms with Crippen molar-refractivity contribution in [1.82, 2.24) is 20.0 Å². The van der Waals surface area contributed by atoms with E-state index in [4.69, 9.17) is 16.1 Å². The molecular weight excluding hydrogens is 428 g/mol. The number of halogens is 1. The number of nitrogens with one attached hydrogen (secondary N) is 1. The zero-order valence-electron chi connectivity index (χ0n) is 17.7.